The number of cyclic esters (lactones) is 1. The second-order valence-electron chi connectivity index (χ2n) is 8.68. The van der Waals surface area contributed by atoms with Crippen LogP contribution in [0.25, 0.3) is 22.5 Å². The summed E-state index contributed by atoms with van der Waals surface area (Å²) in [6, 6.07) is -0.100. The lowest BCUT2D eigenvalue weighted by atomic mass is 10.1. The van der Waals surface area contributed by atoms with Gasteiger partial charge in [-0.15, -0.1) is 0 Å². The Morgan fingerprint density at radius 3 is 2.82 bits per heavy atom. The Kier molecular flexibility index (Phi) is 6.14. The van der Waals surface area contributed by atoms with Gasteiger partial charge in [-0.1, -0.05) is 5.16 Å². The average Bonchev–Trinajstić information content (AvgIpc) is 3.47. The SMILES string of the molecule is CCn1ncc2c(NC3CCOC(=O)C3)c(-c3nc(CC(=O)N4CCN(C)CC4)no3)cnc21. The number of aryl methyl sites for hydroxylation is 1. The Bertz CT molecular complexity index is 1200. The first-order chi connectivity index (χ1) is 16.5. The van der Waals surface area contributed by atoms with Crippen LogP contribution in [0.15, 0.2) is 16.9 Å². The zero-order valence-corrected chi connectivity index (χ0v) is 19.4. The number of ether oxygens (including phenoxy) is 1. The molecule has 2 aliphatic heterocycles. The Hall–Kier alpha value is -3.54. The van der Waals surface area contributed by atoms with Gasteiger partial charge in [-0.3, -0.25) is 9.59 Å². The molecule has 2 saturated heterocycles. The van der Waals surface area contributed by atoms with Crippen LogP contribution in [0.2, 0.25) is 0 Å². The molecule has 0 radical (unpaired) electrons. The minimum Gasteiger partial charge on any atom is -0.466 e. The lowest BCUT2D eigenvalue weighted by Gasteiger charge is -2.32. The highest BCUT2D eigenvalue weighted by atomic mass is 16.5. The van der Waals surface area contributed by atoms with E-state index in [-0.39, 0.29) is 36.7 Å². The molecule has 0 bridgehead atoms. The van der Waals surface area contributed by atoms with E-state index in [9.17, 15) is 9.59 Å². The van der Waals surface area contributed by atoms with Crippen molar-refractivity contribution in [3.05, 3.63) is 18.2 Å². The second-order valence-corrected chi connectivity index (χ2v) is 8.68. The van der Waals surface area contributed by atoms with Crippen molar-refractivity contribution in [3.8, 4) is 11.5 Å². The summed E-state index contributed by atoms with van der Waals surface area (Å²) in [4.78, 5) is 37.6. The highest BCUT2D eigenvalue weighted by Crippen LogP contribution is 2.34. The fraction of sp³-hybridized carbons (Fsp3) is 0.545. The zero-order valence-electron chi connectivity index (χ0n) is 19.4. The van der Waals surface area contributed by atoms with E-state index in [1.165, 1.54) is 0 Å². The lowest BCUT2D eigenvalue weighted by molar-refractivity contribution is -0.147. The molecule has 0 aliphatic carbocycles. The molecule has 12 nitrogen and oxygen atoms in total. The molecule has 34 heavy (non-hydrogen) atoms. The number of nitrogens with one attached hydrogen (secondary N) is 1. The van der Waals surface area contributed by atoms with Crippen LogP contribution in [0.5, 0.6) is 0 Å². The van der Waals surface area contributed by atoms with Gasteiger partial charge in [-0.25, -0.2) is 9.67 Å². The molecule has 0 aromatic carbocycles. The van der Waals surface area contributed by atoms with Gasteiger partial charge in [-0.05, 0) is 14.0 Å². The first kappa shape index (κ1) is 22.3. The molecule has 1 amide bonds. The predicted molar refractivity (Wildman–Crippen MR) is 122 cm³/mol. The molecule has 3 aromatic heterocycles. The van der Waals surface area contributed by atoms with Gasteiger partial charge in [0.1, 0.15) is 0 Å². The Morgan fingerprint density at radius 1 is 1.24 bits per heavy atom. The van der Waals surface area contributed by atoms with E-state index < -0.39 is 0 Å². The van der Waals surface area contributed by atoms with Crippen LogP contribution in [0.1, 0.15) is 25.6 Å². The van der Waals surface area contributed by atoms with Crippen LogP contribution in [0.3, 0.4) is 0 Å². The number of carbonyl (C=O) groups excluding carboxylic acids is 2. The normalized spacial score (nSPS) is 19.4. The second kappa shape index (κ2) is 9.37. The highest BCUT2D eigenvalue weighted by Gasteiger charge is 2.26. The Balaban J connectivity index is 1.42. The minimum atomic E-state index is -0.234. The van der Waals surface area contributed by atoms with E-state index >= 15 is 0 Å². The largest absolute Gasteiger partial charge is 0.466 e. The fourth-order valence-electron chi connectivity index (χ4n) is 4.32. The molecule has 1 atom stereocenters. The van der Waals surface area contributed by atoms with E-state index in [1.54, 1.807) is 17.1 Å². The molecule has 5 rings (SSSR count). The van der Waals surface area contributed by atoms with Crippen molar-refractivity contribution in [3.63, 3.8) is 0 Å². The van der Waals surface area contributed by atoms with Crippen LogP contribution in [0, 0.1) is 0 Å². The highest BCUT2D eigenvalue weighted by molar-refractivity contribution is 5.96. The molecule has 1 unspecified atom stereocenters. The third-order valence-electron chi connectivity index (χ3n) is 6.32. The summed E-state index contributed by atoms with van der Waals surface area (Å²) in [7, 11) is 2.05. The number of pyridine rings is 1. The number of amides is 1. The van der Waals surface area contributed by atoms with E-state index in [4.69, 9.17) is 9.26 Å². The molecule has 0 spiro atoms. The van der Waals surface area contributed by atoms with Crippen molar-refractivity contribution in [2.75, 3.05) is 45.2 Å². The number of aromatic nitrogens is 5. The molecule has 5 heterocycles. The Morgan fingerprint density at radius 2 is 2.06 bits per heavy atom. The topological polar surface area (TPSA) is 132 Å². The summed E-state index contributed by atoms with van der Waals surface area (Å²) in [5.41, 5.74) is 2.05. The first-order valence-corrected chi connectivity index (χ1v) is 11.6. The number of anilines is 1. The molecule has 2 aliphatic rings. The summed E-state index contributed by atoms with van der Waals surface area (Å²) in [5.74, 6) is 0.343. The summed E-state index contributed by atoms with van der Waals surface area (Å²) in [5, 5.41) is 12.7. The monoisotopic (exact) mass is 468 g/mol. The van der Waals surface area contributed by atoms with Crippen molar-refractivity contribution in [1.82, 2.24) is 34.7 Å². The number of hydrogen-bond acceptors (Lipinski definition) is 10. The smallest absolute Gasteiger partial charge is 0.307 e. The van der Waals surface area contributed by atoms with E-state index in [1.807, 2.05) is 18.9 Å². The third-order valence-corrected chi connectivity index (χ3v) is 6.32. The maximum absolute atomic E-state index is 12.7. The van der Waals surface area contributed by atoms with Crippen molar-refractivity contribution in [2.45, 2.75) is 38.8 Å². The van der Waals surface area contributed by atoms with Gasteiger partial charge < -0.3 is 24.4 Å². The van der Waals surface area contributed by atoms with Crippen LogP contribution < -0.4 is 5.32 Å². The quantitative estimate of drug-likeness (QED) is 0.521. The summed E-state index contributed by atoms with van der Waals surface area (Å²) in [6.45, 7) is 6.12. The number of rotatable bonds is 6. The molecule has 0 saturated carbocycles. The molecule has 3 aromatic rings. The predicted octanol–water partition coefficient (Wildman–Crippen LogP) is 0.935. The molecule has 1 N–H and O–H groups in total. The summed E-state index contributed by atoms with van der Waals surface area (Å²) in [6.07, 6.45) is 4.44. The lowest BCUT2D eigenvalue weighted by Crippen LogP contribution is -2.47. The summed E-state index contributed by atoms with van der Waals surface area (Å²) < 4.78 is 12.4. The van der Waals surface area contributed by atoms with Crippen LogP contribution in [-0.4, -0.2) is 92.5 Å². The molecular weight excluding hydrogens is 440 g/mol. The maximum Gasteiger partial charge on any atom is 0.307 e. The number of esters is 1. The van der Waals surface area contributed by atoms with Gasteiger partial charge in [0.25, 0.3) is 5.89 Å². The molecule has 2 fully saturated rings. The first-order valence-electron chi connectivity index (χ1n) is 11.6. The van der Waals surface area contributed by atoms with E-state index in [2.05, 4.69) is 30.4 Å². The van der Waals surface area contributed by atoms with Crippen molar-refractivity contribution >= 4 is 28.6 Å². The van der Waals surface area contributed by atoms with Crippen LogP contribution in [-0.2, 0) is 27.3 Å². The zero-order chi connectivity index (χ0) is 23.7. The number of nitrogens with zero attached hydrogens (tertiary/aromatic N) is 7. The number of hydrogen-bond donors (Lipinski definition) is 1. The number of fused-ring (bicyclic) bond motifs is 1. The van der Waals surface area contributed by atoms with E-state index in [0.29, 0.717) is 44.0 Å². The van der Waals surface area contributed by atoms with Gasteiger partial charge >= 0.3 is 5.97 Å². The van der Waals surface area contributed by atoms with Gasteiger partial charge in [0.05, 0.1) is 42.3 Å². The molecular formula is C22H28N8O4. The van der Waals surface area contributed by atoms with Gasteiger partial charge in [0.15, 0.2) is 11.5 Å². The summed E-state index contributed by atoms with van der Waals surface area (Å²) >= 11 is 0. The van der Waals surface area contributed by atoms with Gasteiger partial charge in [-0.2, -0.15) is 10.1 Å². The van der Waals surface area contributed by atoms with Gasteiger partial charge in [0, 0.05) is 51.4 Å². The number of piperazine rings is 1. The fourth-order valence-corrected chi connectivity index (χ4v) is 4.32. The van der Waals surface area contributed by atoms with Crippen LogP contribution >= 0.6 is 0 Å². The van der Waals surface area contributed by atoms with Crippen LogP contribution in [0.4, 0.5) is 5.69 Å². The standard InChI is InChI=1S/C22H28N8O4/c1-3-30-21-15(13-24-30)20(25-14-4-9-33-19(32)10-14)16(12-23-21)22-26-17(27-34-22)11-18(31)29-7-5-28(2)6-8-29/h12-14H,3-11H2,1-2H3,(H,23,25). The van der Waals surface area contributed by atoms with E-state index in [0.717, 1.165) is 29.8 Å². The Labute approximate surface area is 196 Å². The maximum atomic E-state index is 12.7. The van der Waals surface area contributed by atoms with Crippen molar-refractivity contribution in [2.24, 2.45) is 0 Å². The number of likely N-dealkylation sites (N-methyl/N-ethyl adjacent to an activating group) is 1. The molecule has 180 valence electrons. The van der Waals surface area contributed by atoms with Crippen molar-refractivity contribution < 1.29 is 18.8 Å². The average molecular weight is 469 g/mol. The third kappa shape index (κ3) is 4.45. The molecule has 12 heteroatoms. The van der Waals surface area contributed by atoms with Crippen molar-refractivity contribution in [1.29, 1.82) is 0 Å². The number of carbonyl (C=O) groups is 2. The minimum absolute atomic E-state index is 0.0164. The van der Waals surface area contributed by atoms with Gasteiger partial charge in [0.2, 0.25) is 5.91 Å².